The zero-order chi connectivity index (χ0) is 12.2. The van der Waals surface area contributed by atoms with Crippen molar-refractivity contribution in [2.75, 3.05) is 13.1 Å². The Morgan fingerprint density at radius 3 is 2.69 bits per heavy atom. The van der Waals surface area contributed by atoms with Crippen molar-refractivity contribution < 1.29 is 4.79 Å². The van der Waals surface area contributed by atoms with Crippen molar-refractivity contribution in [2.45, 2.75) is 53.0 Å². The van der Waals surface area contributed by atoms with E-state index in [-0.39, 0.29) is 11.8 Å². The lowest BCUT2D eigenvalue weighted by Crippen LogP contribution is -2.38. The number of carbonyl (C=O) groups excluding carboxylic acids is 1. The van der Waals surface area contributed by atoms with E-state index in [1.807, 2.05) is 0 Å². The molecule has 94 valence electrons. The Balaban J connectivity index is 2.22. The van der Waals surface area contributed by atoms with Crippen LogP contribution in [0.5, 0.6) is 0 Å². The SMILES string of the molecule is CC(CCC(C)(C)C)NC(=O)C1CCNC1. The highest BCUT2D eigenvalue weighted by molar-refractivity contribution is 5.79. The second-order valence-electron chi connectivity index (χ2n) is 6.20. The third-order valence-corrected chi connectivity index (χ3v) is 3.15. The lowest BCUT2D eigenvalue weighted by Gasteiger charge is -2.22. The van der Waals surface area contributed by atoms with Crippen LogP contribution in [0.25, 0.3) is 0 Å². The van der Waals surface area contributed by atoms with Gasteiger partial charge in [0.1, 0.15) is 0 Å². The summed E-state index contributed by atoms with van der Waals surface area (Å²) in [5.74, 6) is 0.420. The van der Waals surface area contributed by atoms with Crippen molar-refractivity contribution in [3.63, 3.8) is 0 Å². The monoisotopic (exact) mass is 226 g/mol. The largest absolute Gasteiger partial charge is 0.353 e. The van der Waals surface area contributed by atoms with E-state index < -0.39 is 0 Å². The molecule has 0 aromatic carbocycles. The van der Waals surface area contributed by atoms with Gasteiger partial charge >= 0.3 is 0 Å². The zero-order valence-corrected chi connectivity index (χ0v) is 11.1. The molecule has 0 spiro atoms. The maximum Gasteiger partial charge on any atom is 0.224 e. The molecule has 0 aliphatic carbocycles. The van der Waals surface area contributed by atoms with Crippen LogP contribution < -0.4 is 10.6 Å². The van der Waals surface area contributed by atoms with Crippen molar-refractivity contribution in [1.82, 2.24) is 10.6 Å². The lowest BCUT2D eigenvalue weighted by atomic mass is 9.89. The van der Waals surface area contributed by atoms with Gasteiger partial charge in [0.2, 0.25) is 5.91 Å². The van der Waals surface area contributed by atoms with Gasteiger partial charge in [-0.15, -0.1) is 0 Å². The summed E-state index contributed by atoms with van der Waals surface area (Å²) in [6, 6.07) is 0.298. The van der Waals surface area contributed by atoms with Crippen molar-refractivity contribution in [3.05, 3.63) is 0 Å². The van der Waals surface area contributed by atoms with Crippen molar-refractivity contribution in [1.29, 1.82) is 0 Å². The van der Waals surface area contributed by atoms with E-state index in [0.717, 1.165) is 32.4 Å². The van der Waals surface area contributed by atoms with E-state index in [0.29, 0.717) is 11.5 Å². The maximum absolute atomic E-state index is 11.8. The van der Waals surface area contributed by atoms with E-state index in [2.05, 4.69) is 38.3 Å². The Morgan fingerprint density at radius 2 is 2.19 bits per heavy atom. The van der Waals surface area contributed by atoms with Gasteiger partial charge in [-0.1, -0.05) is 20.8 Å². The summed E-state index contributed by atoms with van der Waals surface area (Å²) in [5, 5.41) is 6.34. The zero-order valence-electron chi connectivity index (χ0n) is 11.1. The molecule has 1 saturated heterocycles. The molecule has 0 bridgehead atoms. The molecule has 0 aromatic rings. The van der Waals surface area contributed by atoms with Crippen LogP contribution in [0.2, 0.25) is 0 Å². The summed E-state index contributed by atoms with van der Waals surface area (Å²) in [5.41, 5.74) is 0.355. The topological polar surface area (TPSA) is 41.1 Å². The van der Waals surface area contributed by atoms with E-state index in [4.69, 9.17) is 0 Å². The van der Waals surface area contributed by atoms with Gasteiger partial charge < -0.3 is 10.6 Å². The third kappa shape index (κ3) is 4.97. The molecule has 0 saturated carbocycles. The molecule has 1 amide bonds. The molecule has 1 heterocycles. The van der Waals surface area contributed by atoms with Crippen LogP contribution in [0.1, 0.15) is 47.0 Å². The Hall–Kier alpha value is -0.570. The summed E-state index contributed by atoms with van der Waals surface area (Å²) >= 11 is 0. The lowest BCUT2D eigenvalue weighted by molar-refractivity contribution is -0.125. The molecule has 1 fully saturated rings. The van der Waals surface area contributed by atoms with Crippen LogP contribution in [0.3, 0.4) is 0 Å². The standard InChI is InChI=1S/C13H26N2O/c1-10(5-7-13(2,3)4)15-12(16)11-6-8-14-9-11/h10-11,14H,5-9H2,1-4H3,(H,15,16). The van der Waals surface area contributed by atoms with Crippen LogP contribution >= 0.6 is 0 Å². The molecule has 2 atom stereocenters. The highest BCUT2D eigenvalue weighted by Crippen LogP contribution is 2.21. The second-order valence-corrected chi connectivity index (χ2v) is 6.20. The minimum absolute atomic E-state index is 0.192. The van der Waals surface area contributed by atoms with Gasteiger partial charge in [-0.2, -0.15) is 0 Å². The molecule has 3 heteroatoms. The van der Waals surface area contributed by atoms with E-state index in [9.17, 15) is 4.79 Å². The molecular weight excluding hydrogens is 200 g/mol. The number of hydrogen-bond donors (Lipinski definition) is 2. The van der Waals surface area contributed by atoms with Crippen LogP contribution in [-0.2, 0) is 4.79 Å². The number of hydrogen-bond acceptors (Lipinski definition) is 2. The molecule has 1 aliphatic rings. The van der Waals surface area contributed by atoms with Crippen molar-refractivity contribution in [2.24, 2.45) is 11.3 Å². The molecule has 0 aromatic heterocycles. The second kappa shape index (κ2) is 5.67. The van der Waals surface area contributed by atoms with Crippen molar-refractivity contribution >= 4 is 5.91 Å². The Bertz CT molecular complexity index is 227. The number of carbonyl (C=O) groups is 1. The predicted molar refractivity (Wildman–Crippen MR) is 67.3 cm³/mol. The van der Waals surface area contributed by atoms with Crippen LogP contribution in [0.4, 0.5) is 0 Å². The smallest absolute Gasteiger partial charge is 0.224 e. The van der Waals surface area contributed by atoms with E-state index in [1.54, 1.807) is 0 Å². The minimum Gasteiger partial charge on any atom is -0.353 e. The van der Waals surface area contributed by atoms with Crippen LogP contribution in [-0.4, -0.2) is 25.0 Å². The molecule has 2 N–H and O–H groups in total. The first-order valence-electron chi connectivity index (χ1n) is 6.39. The van der Waals surface area contributed by atoms with Gasteiger partial charge in [0.15, 0.2) is 0 Å². The molecule has 16 heavy (non-hydrogen) atoms. The molecule has 1 aliphatic heterocycles. The average Bonchev–Trinajstić information content (AvgIpc) is 2.66. The van der Waals surface area contributed by atoms with Crippen molar-refractivity contribution in [3.8, 4) is 0 Å². The molecule has 0 radical (unpaired) electrons. The fourth-order valence-electron chi connectivity index (χ4n) is 1.96. The Morgan fingerprint density at radius 1 is 1.50 bits per heavy atom. The highest BCUT2D eigenvalue weighted by Gasteiger charge is 2.23. The first-order valence-corrected chi connectivity index (χ1v) is 6.39. The summed E-state index contributed by atoms with van der Waals surface area (Å²) in [4.78, 5) is 11.8. The summed E-state index contributed by atoms with van der Waals surface area (Å²) in [7, 11) is 0. The van der Waals surface area contributed by atoms with Gasteiger partial charge in [0.25, 0.3) is 0 Å². The molecule has 2 unspecified atom stereocenters. The normalized spacial score (nSPS) is 23.1. The third-order valence-electron chi connectivity index (χ3n) is 3.15. The van der Waals surface area contributed by atoms with Gasteiger partial charge in [0, 0.05) is 12.6 Å². The first-order chi connectivity index (χ1) is 7.38. The molecule has 1 rings (SSSR count). The summed E-state index contributed by atoms with van der Waals surface area (Å²) < 4.78 is 0. The number of amides is 1. The first kappa shape index (κ1) is 13.5. The quantitative estimate of drug-likeness (QED) is 0.769. The highest BCUT2D eigenvalue weighted by atomic mass is 16.2. The fourth-order valence-corrected chi connectivity index (χ4v) is 1.96. The van der Waals surface area contributed by atoms with E-state index >= 15 is 0 Å². The predicted octanol–water partition coefficient (Wildman–Crippen LogP) is 1.93. The Labute approximate surface area is 99.4 Å². The number of rotatable bonds is 4. The number of nitrogens with one attached hydrogen (secondary N) is 2. The average molecular weight is 226 g/mol. The van der Waals surface area contributed by atoms with Crippen LogP contribution in [0.15, 0.2) is 0 Å². The Kier molecular flexibility index (Phi) is 4.78. The van der Waals surface area contributed by atoms with Gasteiger partial charge in [-0.25, -0.2) is 0 Å². The summed E-state index contributed by atoms with van der Waals surface area (Å²) in [6.45, 7) is 10.6. The summed E-state index contributed by atoms with van der Waals surface area (Å²) in [6.07, 6.45) is 3.20. The van der Waals surface area contributed by atoms with Gasteiger partial charge in [-0.05, 0) is 38.1 Å². The van der Waals surface area contributed by atoms with Gasteiger partial charge in [0.05, 0.1) is 5.92 Å². The van der Waals surface area contributed by atoms with Crippen LogP contribution in [0, 0.1) is 11.3 Å². The minimum atomic E-state index is 0.192. The fraction of sp³-hybridized carbons (Fsp3) is 0.923. The van der Waals surface area contributed by atoms with Gasteiger partial charge in [-0.3, -0.25) is 4.79 Å². The maximum atomic E-state index is 11.8. The van der Waals surface area contributed by atoms with E-state index in [1.165, 1.54) is 0 Å². The molecular formula is C13H26N2O. The molecule has 3 nitrogen and oxygen atoms in total.